The molecule has 0 amide bonds. The van der Waals surface area contributed by atoms with Crippen LogP contribution < -0.4 is 9.47 Å². The quantitative estimate of drug-likeness (QED) is 0.0517. The molecule has 0 saturated heterocycles. The molecule has 464 valence electrons. The molecular formula is C71H56ClIN16O5. The number of phenols is 1. The molecule has 0 aliphatic rings. The van der Waals surface area contributed by atoms with Gasteiger partial charge in [0, 0.05) is 22.6 Å². The first-order valence-electron chi connectivity index (χ1n) is 29.0. The Balaban J connectivity index is 0.000000128. The Bertz CT molecular complexity index is 5230. The molecule has 0 bridgehead atoms. The van der Waals surface area contributed by atoms with Gasteiger partial charge < -0.3 is 41.7 Å². The summed E-state index contributed by atoms with van der Waals surface area (Å²) in [5.41, 5.74) is 13.3. The highest BCUT2D eigenvalue weighted by atomic mass is 127. The maximum atomic E-state index is 9.43. The van der Waals surface area contributed by atoms with E-state index in [1.54, 1.807) is 85.6 Å². The Morgan fingerprint density at radius 1 is 0.447 bits per heavy atom. The summed E-state index contributed by atoms with van der Waals surface area (Å²) in [4.78, 5) is 53.2. The van der Waals surface area contributed by atoms with Gasteiger partial charge >= 0.3 is 0 Å². The number of phenolic OH excluding ortho intramolecular Hbond substituents is 1. The first kappa shape index (κ1) is 63.9. The number of halogens is 2. The molecule has 0 spiro atoms. The third kappa shape index (κ3) is 15.2. The number of methoxy groups -OCH3 is 2. The van der Waals surface area contributed by atoms with Crippen LogP contribution in [0.2, 0.25) is 5.15 Å². The van der Waals surface area contributed by atoms with E-state index in [0.29, 0.717) is 96.8 Å². The molecule has 0 aliphatic heterocycles. The number of hydrogen-bond acceptors (Lipinski definition) is 17. The molecule has 1 N–H and O–H groups in total. The number of fused-ring (bicyclic) bond motifs is 4. The molecule has 0 unspecified atom stereocenters. The third-order valence-electron chi connectivity index (χ3n) is 14.0. The van der Waals surface area contributed by atoms with Crippen LogP contribution in [0.3, 0.4) is 0 Å². The van der Waals surface area contributed by atoms with E-state index in [0.717, 1.165) is 57.2 Å². The van der Waals surface area contributed by atoms with Gasteiger partial charge in [0.1, 0.15) is 56.4 Å². The van der Waals surface area contributed by atoms with E-state index in [-0.39, 0.29) is 5.75 Å². The zero-order chi connectivity index (χ0) is 65.5. The van der Waals surface area contributed by atoms with Crippen molar-refractivity contribution >= 4 is 78.8 Å². The van der Waals surface area contributed by atoms with Crippen LogP contribution in [0.5, 0.6) is 17.2 Å². The first-order chi connectivity index (χ1) is 45.9. The number of nitrogens with zero attached hydrogens (tertiary/aromatic N) is 16. The van der Waals surface area contributed by atoms with Gasteiger partial charge in [0.25, 0.3) is 0 Å². The lowest BCUT2D eigenvalue weighted by atomic mass is 10.1. The fraction of sp³-hybridized carbons (Fsp3) is 0.155. The van der Waals surface area contributed by atoms with Crippen LogP contribution in [0.4, 0.5) is 0 Å². The molecule has 0 atom stereocenters. The highest BCUT2D eigenvalue weighted by molar-refractivity contribution is 14.1. The molecule has 0 aliphatic carbocycles. The molecule has 23 heteroatoms. The Hall–Kier alpha value is -11.7. The average Bonchev–Trinajstić information content (AvgIpc) is 1.65. The van der Waals surface area contributed by atoms with Crippen molar-refractivity contribution in [1.29, 1.82) is 0 Å². The second-order valence-corrected chi connectivity index (χ2v) is 21.8. The molecule has 0 fully saturated rings. The number of aryl methyl sites for hydroxylation is 1. The summed E-state index contributed by atoms with van der Waals surface area (Å²) in [7, 11) is 3.30. The van der Waals surface area contributed by atoms with Gasteiger partial charge in [-0.05, 0) is 141 Å². The second-order valence-electron chi connectivity index (χ2n) is 20.5. The largest absolute Gasteiger partial charge is 0.508 e. The molecule has 10 aromatic heterocycles. The lowest BCUT2D eigenvalue weighted by Gasteiger charge is -2.06. The first-order valence-corrected chi connectivity index (χ1v) is 30.5. The van der Waals surface area contributed by atoms with Gasteiger partial charge in [-0.1, -0.05) is 102 Å². The molecule has 14 aromatic rings. The molecule has 10 heterocycles. The van der Waals surface area contributed by atoms with E-state index in [2.05, 4.69) is 161 Å². The van der Waals surface area contributed by atoms with Gasteiger partial charge in [-0.15, -0.1) is 0 Å². The van der Waals surface area contributed by atoms with Crippen molar-refractivity contribution in [2.24, 2.45) is 0 Å². The summed E-state index contributed by atoms with van der Waals surface area (Å²) in [6.45, 7) is 11.7. The molecule has 4 aromatic carbocycles. The van der Waals surface area contributed by atoms with Crippen LogP contribution in [0.15, 0.2) is 168 Å². The van der Waals surface area contributed by atoms with Crippen molar-refractivity contribution < 1.29 is 23.4 Å². The average molecular weight is 1380 g/mol. The van der Waals surface area contributed by atoms with E-state index in [1.807, 2.05) is 110 Å². The van der Waals surface area contributed by atoms with E-state index in [9.17, 15) is 5.11 Å². The summed E-state index contributed by atoms with van der Waals surface area (Å²) < 4.78 is 29.9. The van der Waals surface area contributed by atoms with E-state index < -0.39 is 0 Å². The number of aromatic nitrogens is 16. The lowest BCUT2D eigenvalue weighted by molar-refractivity contribution is 0.414. The number of furan rings is 2. The predicted octanol–water partition coefficient (Wildman–Crippen LogP) is 12.8. The summed E-state index contributed by atoms with van der Waals surface area (Å²) in [6.07, 6.45) is 10.2. The Labute approximate surface area is 558 Å². The van der Waals surface area contributed by atoms with Crippen LogP contribution in [-0.4, -0.2) is 97.4 Å². The second kappa shape index (κ2) is 30.0. The SMILES string of the molecule is CC#Cc1nc(-c2ccco2)c2ncn(Cc3ccc(O)cc3)c2n1.CC#Cc1nc(C#CC)c2ncn(Cc3ccc(OC)cc3)c2n1.CC#Cc1nc(Cl)c2ncn(Cc3ccc(OC)cc3)c2n1.Cc1ccc(Cn2cnc3c(-c4ccco4)nc(I)nc32)cc1. The van der Waals surface area contributed by atoms with Gasteiger partial charge in [-0.3, -0.25) is 0 Å². The number of ether oxygens (including phenoxy) is 2. The Morgan fingerprint density at radius 2 is 0.830 bits per heavy atom. The van der Waals surface area contributed by atoms with Gasteiger partial charge in [-0.25, -0.2) is 59.8 Å². The molecule has 21 nitrogen and oxygen atoms in total. The normalized spacial score (nSPS) is 10.5. The van der Waals surface area contributed by atoms with Crippen molar-refractivity contribution in [2.75, 3.05) is 14.2 Å². The number of rotatable bonds is 12. The van der Waals surface area contributed by atoms with Gasteiger partial charge in [0.05, 0.1) is 78.2 Å². The molecule has 94 heavy (non-hydrogen) atoms. The summed E-state index contributed by atoms with van der Waals surface area (Å²) in [5.74, 6) is 27.4. The minimum absolute atomic E-state index is 0.238. The monoisotopic (exact) mass is 1370 g/mol. The van der Waals surface area contributed by atoms with Gasteiger partial charge in [0.15, 0.2) is 43.1 Å². The zero-order valence-electron chi connectivity index (χ0n) is 51.8. The molecule has 0 radical (unpaired) electrons. The molecular weight excluding hydrogens is 1320 g/mol. The summed E-state index contributed by atoms with van der Waals surface area (Å²) in [5, 5.41) is 9.74. The highest BCUT2D eigenvalue weighted by Gasteiger charge is 2.19. The summed E-state index contributed by atoms with van der Waals surface area (Å²) >= 11 is 8.27. The minimum Gasteiger partial charge on any atom is -0.508 e. The van der Waals surface area contributed by atoms with Crippen LogP contribution in [-0.2, 0) is 26.2 Å². The van der Waals surface area contributed by atoms with Gasteiger partial charge in [0.2, 0.25) is 17.5 Å². The lowest BCUT2D eigenvalue weighted by Crippen LogP contribution is -2.02. The topological polar surface area (TPSA) is 239 Å². The van der Waals surface area contributed by atoms with Crippen LogP contribution in [0, 0.1) is 58.1 Å². The number of benzene rings is 4. The summed E-state index contributed by atoms with van der Waals surface area (Å²) in [6, 6.07) is 38.7. The fourth-order valence-electron chi connectivity index (χ4n) is 9.60. The van der Waals surface area contributed by atoms with Crippen LogP contribution in [0.25, 0.3) is 67.6 Å². The Kier molecular flexibility index (Phi) is 20.3. The molecule has 14 rings (SSSR count). The maximum Gasteiger partial charge on any atom is 0.208 e. The molecule has 0 saturated carbocycles. The number of aromatic hydroxyl groups is 1. The van der Waals surface area contributed by atoms with Crippen molar-refractivity contribution in [3.63, 3.8) is 0 Å². The van der Waals surface area contributed by atoms with Crippen molar-refractivity contribution in [1.82, 2.24) is 78.1 Å². The maximum absolute atomic E-state index is 9.43. The number of hydrogen-bond donors (Lipinski definition) is 1. The standard InChI is InChI=1S/C19H14N4O2.C19H16N4O.C17H13IN4O.C16H13ClN4O/c1-2-4-16-21-17(15-5-3-10-25-15)18-19(22-16)23(12-20-18)11-13-6-8-14(24)9-7-13;1-4-6-16-18-19(22-17(21-16)7-5-2)23(13-20-18)12-14-8-10-15(24-3)11-9-14;1-11-4-6-12(7-5-11)9-22-10-19-15-14(13-3-2-8-23-13)20-17(18)21-16(15)22;1-3-4-13-19-15(17)14-16(20-13)21(10-18-14)9-11-5-7-12(22-2)8-6-11/h3,5-10,12,24H,11H2,1H3;8-11,13H,12H2,1-3H3;2-8,10H,9H2,1H3;5-8,10H,9H2,1-2H3. The Morgan fingerprint density at radius 3 is 1.28 bits per heavy atom. The predicted molar refractivity (Wildman–Crippen MR) is 366 cm³/mol. The highest BCUT2D eigenvalue weighted by Crippen LogP contribution is 2.29. The minimum atomic E-state index is 0.238. The van der Waals surface area contributed by atoms with E-state index in [1.165, 1.54) is 11.1 Å². The smallest absolute Gasteiger partial charge is 0.208 e. The van der Waals surface area contributed by atoms with Crippen molar-refractivity contribution in [3.8, 4) is 87.5 Å². The van der Waals surface area contributed by atoms with Gasteiger partial charge in [-0.2, -0.15) is 0 Å². The van der Waals surface area contributed by atoms with Crippen LogP contribution >= 0.6 is 34.2 Å². The van der Waals surface area contributed by atoms with Crippen molar-refractivity contribution in [3.05, 3.63) is 219 Å². The zero-order valence-corrected chi connectivity index (χ0v) is 54.7. The number of imidazole rings is 4. The third-order valence-corrected chi connectivity index (χ3v) is 14.8. The fourth-order valence-corrected chi connectivity index (χ4v) is 10.3. The van der Waals surface area contributed by atoms with Crippen LogP contribution in [0.1, 0.15) is 78.7 Å². The van der Waals surface area contributed by atoms with E-state index in [4.69, 9.17) is 29.9 Å². The van der Waals surface area contributed by atoms with E-state index >= 15 is 0 Å². The van der Waals surface area contributed by atoms with Crippen molar-refractivity contribution in [2.45, 2.75) is 60.8 Å².